The number of nitrogens with two attached hydrogens (primary N) is 1. The molecule has 1 aromatic rings. The van der Waals surface area contributed by atoms with Crippen molar-refractivity contribution in [2.45, 2.75) is 13.3 Å². The summed E-state index contributed by atoms with van der Waals surface area (Å²) in [4.78, 5) is 14.2. The van der Waals surface area contributed by atoms with Gasteiger partial charge in [-0.2, -0.15) is 20.2 Å². The van der Waals surface area contributed by atoms with Gasteiger partial charge in [0.25, 0.3) is 0 Å². The number of hydrogen-bond acceptors (Lipinski definition) is 9. The molecule has 0 fully saturated rings. The van der Waals surface area contributed by atoms with E-state index in [4.69, 9.17) is 20.6 Å². The lowest BCUT2D eigenvalue weighted by atomic mass is 10.4. The van der Waals surface area contributed by atoms with Gasteiger partial charge < -0.3 is 14.4 Å². The predicted molar refractivity (Wildman–Crippen MR) is 73.1 cm³/mol. The van der Waals surface area contributed by atoms with Crippen LogP contribution in [0.1, 0.15) is 13.3 Å². The van der Waals surface area contributed by atoms with Crippen molar-refractivity contribution < 1.29 is 9.47 Å². The van der Waals surface area contributed by atoms with Crippen LogP contribution in [0.5, 0.6) is 6.01 Å². The highest BCUT2D eigenvalue weighted by molar-refractivity contribution is 5.37. The summed E-state index contributed by atoms with van der Waals surface area (Å²) in [5, 5.41) is 8.71. The van der Waals surface area contributed by atoms with Gasteiger partial charge in [0.05, 0.1) is 25.7 Å². The van der Waals surface area contributed by atoms with Crippen molar-refractivity contribution in [3.8, 4) is 12.1 Å². The highest BCUT2D eigenvalue weighted by atomic mass is 16.5. The Bertz CT molecular complexity index is 449. The number of anilines is 2. The van der Waals surface area contributed by atoms with E-state index >= 15 is 0 Å². The molecule has 0 amide bonds. The van der Waals surface area contributed by atoms with Gasteiger partial charge in [0.15, 0.2) is 0 Å². The van der Waals surface area contributed by atoms with Crippen LogP contribution in [0.15, 0.2) is 0 Å². The second kappa shape index (κ2) is 8.84. The first-order valence-electron chi connectivity index (χ1n) is 6.21. The van der Waals surface area contributed by atoms with Crippen LogP contribution in [-0.2, 0) is 4.74 Å². The number of rotatable bonds is 9. The normalized spacial score (nSPS) is 9.90. The van der Waals surface area contributed by atoms with Gasteiger partial charge in [0.2, 0.25) is 11.9 Å². The quantitative estimate of drug-likeness (QED) is 0.472. The summed E-state index contributed by atoms with van der Waals surface area (Å²) in [6.45, 7) is 3.80. The van der Waals surface area contributed by atoms with Crippen molar-refractivity contribution in [2.75, 3.05) is 43.7 Å². The van der Waals surface area contributed by atoms with E-state index in [2.05, 4.69) is 26.4 Å². The number of ether oxygens (including phenoxy) is 2. The summed E-state index contributed by atoms with van der Waals surface area (Å²) >= 11 is 0. The fraction of sp³-hybridized carbons (Fsp3) is 0.636. The number of nitrogens with one attached hydrogen (secondary N) is 1. The minimum atomic E-state index is 0.185. The molecule has 0 atom stereocenters. The number of nitrogens with zero attached hydrogens (tertiary/aromatic N) is 5. The molecule has 20 heavy (non-hydrogen) atoms. The average Bonchev–Trinajstić information content (AvgIpc) is 2.47. The molecule has 1 rings (SSSR count). The molecule has 0 bridgehead atoms. The number of nitriles is 1. The van der Waals surface area contributed by atoms with E-state index in [9.17, 15) is 0 Å². The SMILES string of the molecule is CCOc1nc(NN)nc(N(CCC#N)CCOC)n1. The molecule has 0 spiro atoms. The Balaban J connectivity index is 2.96. The van der Waals surface area contributed by atoms with Crippen LogP contribution < -0.4 is 20.9 Å². The van der Waals surface area contributed by atoms with Gasteiger partial charge in [-0.3, -0.25) is 5.43 Å². The highest BCUT2D eigenvalue weighted by Crippen LogP contribution is 2.14. The van der Waals surface area contributed by atoms with Gasteiger partial charge in [-0.1, -0.05) is 0 Å². The second-order valence-corrected chi connectivity index (χ2v) is 3.71. The van der Waals surface area contributed by atoms with Crippen LogP contribution in [0.4, 0.5) is 11.9 Å². The third kappa shape index (κ3) is 4.83. The molecule has 0 aliphatic carbocycles. The van der Waals surface area contributed by atoms with Crippen molar-refractivity contribution in [1.29, 1.82) is 5.26 Å². The third-order valence-corrected chi connectivity index (χ3v) is 2.35. The van der Waals surface area contributed by atoms with Crippen LogP contribution >= 0.6 is 0 Å². The maximum absolute atomic E-state index is 8.71. The molecule has 0 aliphatic heterocycles. The lowest BCUT2D eigenvalue weighted by Gasteiger charge is -2.21. The fourth-order valence-corrected chi connectivity index (χ4v) is 1.44. The Labute approximate surface area is 117 Å². The van der Waals surface area contributed by atoms with Gasteiger partial charge in [-0.05, 0) is 6.92 Å². The van der Waals surface area contributed by atoms with Gasteiger partial charge in [-0.15, -0.1) is 0 Å². The third-order valence-electron chi connectivity index (χ3n) is 2.35. The number of aromatic nitrogens is 3. The summed E-state index contributed by atoms with van der Waals surface area (Å²) in [5.41, 5.74) is 2.37. The summed E-state index contributed by atoms with van der Waals surface area (Å²) in [7, 11) is 1.61. The maximum Gasteiger partial charge on any atom is 0.323 e. The molecule has 9 heteroatoms. The van der Waals surface area contributed by atoms with E-state index in [0.717, 1.165) is 0 Å². The number of hydrogen-bond donors (Lipinski definition) is 2. The van der Waals surface area contributed by atoms with Gasteiger partial charge in [-0.25, -0.2) is 5.84 Å². The lowest BCUT2D eigenvalue weighted by Crippen LogP contribution is -2.30. The topological polar surface area (TPSA) is 122 Å². The first-order valence-corrected chi connectivity index (χ1v) is 6.21. The molecule has 0 aromatic carbocycles. The predicted octanol–water partition coefficient (Wildman–Crippen LogP) is -0.0776. The Morgan fingerprint density at radius 3 is 2.75 bits per heavy atom. The monoisotopic (exact) mass is 281 g/mol. The van der Waals surface area contributed by atoms with Gasteiger partial charge in [0, 0.05) is 20.2 Å². The second-order valence-electron chi connectivity index (χ2n) is 3.71. The van der Waals surface area contributed by atoms with Crippen molar-refractivity contribution in [3.63, 3.8) is 0 Å². The molecule has 1 aromatic heterocycles. The first kappa shape index (κ1) is 15.9. The Morgan fingerprint density at radius 1 is 1.35 bits per heavy atom. The van der Waals surface area contributed by atoms with Crippen LogP contribution in [0, 0.1) is 11.3 Å². The largest absolute Gasteiger partial charge is 0.464 e. The van der Waals surface area contributed by atoms with E-state index in [1.54, 1.807) is 7.11 Å². The van der Waals surface area contributed by atoms with Gasteiger partial charge >= 0.3 is 6.01 Å². The molecule has 0 saturated heterocycles. The van der Waals surface area contributed by atoms with Crippen LogP contribution in [-0.4, -0.2) is 48.4 Å². The smallest absolute Gasteiger partial charge is 0.323 e. The molecule has 3 N–H and O–H groups in total. The maximum atomic E-state index is 8.71. The number of methoxy groups -OCH3 is 1. The van der Waals surface area contributed by atoms with Crippen LogP contribution in [0.25, 0.3) is 0 Å². The Kier molecular flexibility index (Phi) is 7.02. The molecular weight excluding hydrogens is 262 g/mol. The van der Waals surface area contributed by atoms with Crippen molar-refractivity contribution >= 4 is 11.9 Å². The summed E-state index contributed by atoms with van der Waals surface area (Å²) in [6, 6.07) is 2.27. The molecule has 110 valence electrons. The minimum absolute atomic E-state index is 0.185. The summed E-state index contributed by atoms with van der Waals surface area (Å²) in [6.07, 6.45) is 0.352. The fourth-order valence-electron chi connectivity index (χ4n) is 1.44. The zero-order valence-corrected chi connectivity index (χ0v) is 11.7. The molecular formula is C11H19N7O2. The first-order chi connectivity index (χ1) is 9.74. The van der Waals surface area contributed by atoms with E-state index < -0.39 is 0 Å². The van der Waals surface area contributed by atoms with E-state index in [0.29, 0.717) is 38.7 Å². The average molecular weight is 281 g/mol. The number of nitrogen functional groups attached to an aromatic ring is 1. The van der Waals surface area contributed by atoms with E-state index in [1.165, 1.54) is 0 Å². The minimum Gasteiger partial charge on any atom is -0.464 e. The lowest BCUT2D eigenvalue weighted by molar-refractivity contribution is 0.205. The zero-order chi connectivity index (χ0) is 14.8. The summed E-state index contributed by atoms with van der Waals surface area (Å²) < 4.78 is 10.3. The van der Waals surface area contributed by atoms with Crippen LogP contribution in [0.3, 0.4) is 0 Å². The van der Waals surface area contributed by atoms with E-state index in [1.807, 2.05) is 11.8 Å². The van der Waals surface area contributed by atoms with Gasteiger partial charge in [0.1, 0.15) is 0 Å². The molecule has 0 unspecified atom stereocenters. The van der Waals surface area contributed by atoms with Crippen molar-refractivity contribution in [3.05, 3.63) is 0 Å². The number of hydrazine groups is 1. The standard InChI is InChI=1S/C11H19N7O2/c1-3-20-11-15-9(17-13)14-10(16-11)18(6-4-5-12)7-8-19-2/h3-4,6-8,13H2,1-2H3,(H,14,15,16,17). The molecule has 0 saturated carbocycles. The molecule has 1 heterocycles. The zero-order valence-electron chi connectivity index (χ0n) is 11.7. The molecule has 0 radical (unpaired) electrons. The van der Waals surface area contributed by atoms with E-state index in [-0.39, 0.29) is 12.0 Å². The van der Waals surface area contributed by atoms with Crippen molar-refractivity contribution in [2.24, 2.45) is 5.84 Å². The highest BCUT2D eigenvalue weighted by Gasteiger charge is 2.13. The van der Waals surface area contributed by atoms with Crippen molar-refractivity contribution in [1.82, 2.24) is 15.0 Å². The van der Waals surface area contributed by atoms with Crippen LogP contribution in [0.2, 0.25) is 0 Å². The summed E-state index contributed by atoms with van der Waals surface area (Å²) in [5.74, 6) is 5.93. The Morgan fingerprint density at radius 2 is 2.15 bits per heavy atom. The molecule has 0 aliphatic rings. The Hall–Kier alpha value is -2.18. The molecule has 9 nitrogen and oxygen atoms in total.